The summed E-state index contributed by atoms with van der Waals surface area (Å²) in [6, 6.07) is 3.02. The molecule has 106 valence electrons. The van der Waals surface area contributed by atoms with Crippen LogP contribution in [0.4, 0.5) is 0 Å². The summed E-state index contributed by atoms with van der Waals surface area (Å²) in [5.41, 5.74) is 6.60. The summed E-state index contributed by atoms with van der Waals surface area (Å²) in [5.74, 6) is -1.32. The zero-order valence-corrected chi connectivity index (χ0v) is 12.7. The van der Waals surface area contributed by atoms with Crippen molar-refractivity contribution >= 4 is 11.9 Å². The zero-order chi connectivity index (χ0) is 13.5. The number of halogens is 1. The smallest absolute Gasteiger partial charge is 0.330 e. The van der Waals surface area contributed by atoms with E-state index in [4.69, 9.17) is 5.73 Å². The van der Waals surface area contributed by atoms with Gasteiger partial charge in [-0.05, 0) is 12.0 Å². The quantitative estimate of drug-likeness (QED) is 0.363. The van der Waals surface area contributed by atoms with Crippen LogP contribution in [0.15, 0.2) is 24.5 Å². The van der Waals surface area contributed by atoms with E-state index in [-0.39, 0.29) is 17.0 Å². The van der Waals surface area contributed by atoms with Crippen LogP contribution in [0.5, 0.6) is 0 Å². The van der Waals surface area contributed by atoms with Gasteiger partial charge < -0.3 is 27.5 Å². The van der Waals surface area contributed by atoms with Crippen molar-refractivity contribution in [3.8, 4) is 0 Å². The second-order valence-corrected chi connectivity index (χ2v) is 4.17. The molecule has 1 heterocycles. The standard InChI is InChI=1S/C13H19N2O3.BrH/c1-3-6-15-7-4-11(5-8-15)9-12(14)13(17)18-10(2)16;/h4-5,7-8,12H,3,6,9,14H2,1-2H3;1H/q+1;/p-1/t12-;/m1./s1. The van der Waals surface area contributed by atoms with Gasteiger partial charge in [-0.1, -0.05) is 6.92 Å². The van der Waals surface area contributed by atoms with Crippen LogP contribution in [-0.2, 0) is 27.3 Å². The highest BCUT2D eigenvalue weighted by Gasteiger charge is 2.17. The number of pyridine rings is 1. The van der Waals surface area contributed by atoms with Crippen LogP contribution in [0.3, 0.4) is 0 Å². The Labute approximate surface area is 123 Å². The first-order valence-electron chi connectivity index (χ1n) is 5.98. The minimum absolute atomic E-state index is 0. The van der Waals surface area contributed by atoms with Gasteiger partial charge in [0.1, 0.15) is 12.6 Å². The van der Waals surface area contributed by atoms with Crippen LogP contribution < -0.4 is 27.3 Å². The predicted molar refractivity (Wildman–Crippen MR) is 65.4 cm³/mol. The molecule has 0 spiro atoms. The van der Waals surface area contributed by atoms with Crippen LogP contribution in [0.1, 0.15) is 25.8 Å². The number of hydrogen-bond donors (Lipinski definition) is 1. The molecule has 0 saturated heterocycles. The van der Waals surface area contributed by atoms with E-state index in [1.165, 1.54) is 6.92 Å². The molecule has 2 N–H and O–H groups in total. The maximum Gasteiger partial charge on any atom is 0.330 e. The summed E-state index contributed by atoms with van der Waals surface area (Å²) >= 11 is 0. The van der Waals surface area contributed by atoms with Gasteiger partial charge in [0, 0.05) is 25.5 Å². The van der Waals surface area contributed by atoms with Crippen molar-refractivity contribution in [3.05, 3.63) is 30.1 Å². The Morgan fingerprint density at radius 3 is 2.42 bits per heavy atom. The van der Waals surface area contributed by atoms with E-state index in [1.54, 1.807) is 0 Å². The minimum Gasteiger partial charge on any atom is -1.00 e. The van der Waals surface area contributed by atoms with Gasteiger partial charge in [-0.2, -0.15) is 0 Å². The predicted octanol–water partition coefficient (Wildman–Crippen LogP) is -2.65. The first-order chi connectivity index (χ1) is 8.52. The lowest BCUT2D eigenvalue weighted by atomic mass is 10.1. The number of hydrogen-bond acceptors (Lipinski definition) is 4. The third-order valence-electron chi connectivity index (χ3n) is 2.44. The largest absolute Gasteiger partial charge is 1.00 e. The Kier molecular flexibility index (Phi) is 8.18. The molecule has 0 aliphatic rings. The highest BCUT2D eigenvalue weighted by Crippen LogP contribution is 2.01. The molecular weight excluding hydrogens is 312 g/mol. The lowest BCUT2D eigenvalue weighted by Crippen LogP contribution is -3.00. The van der Waals surface area contributed by atoms with Gasteiger partial charge in [0.15, 0.2) is 12.4 Å². The van der Waals surface area contributed by atoms with Crippen molar-refractivity contribution in [2.75, 3.05) is 0 Å². The molecule has 19 heavy (non-hydrogen) atoms. The van der Waals surface area contributed by atoms with Crippen LogP contribution in [0, 0.1) is 0 Å². The van der Waals surface area contributed by atoms with Crippen molar-refractivity contribution in [1.29, 1.82) is 0 Å². The molecule has 0 unspecified atom stereocenters. The van der Waals surface area contributed by atoms with Crippen molar-refractivity contribution in [1.82, 2.24) is 0 Å². The maximum atomic E-state index is 11.4. The molecule has 5 nitrogen and oxygen atoms in total. The Balaban J connectivity index is 0.00000324. The van der Waals surface area contributed by atoms with Gasteiger partial charge in [-0.3, -0.25) is 4.79 Å². The zero-order valence-electron chi connectivity index (χ0n) is 11.1. The molecule has 1 rings (SSSR count). The van der Waals surface area contributed by atoms with E-state index >= 15 is 0 Å². The number of aromatic nitrogens is 1. The second kappa shape index (κ2) is 8.77. The van der Waals surface area contributed by atoms with Gasteiger partial charge in [0.25, 0.3) is 0 Å². The van der Waals surface area contributed by atoms with Gasteiger partial charge in [0.05, 0.1) is 0 Å². The van der Waals surface area contributed by atoms with Gasteiger partial charge in [-0.15, -0.1) is 0 Å². The lowest BCUT2D eigenvalue weighted by Gasteiger charge is -2.08. The number of nitrogens with two attached hydrogens (primary N) is 1. The van der Waals surface area contributed by atoms with Crippen LogP contribution in [0.25, 0.3) is 0 Å². The Hall–Kier alpha value is -1.27. The van der Waals surface area contributed by atoms with E-state index in [1.807, 2.05) is 24.5 Å². The molecule has 0 aliphatic carbocycles. The van der Waals surface area contributed by atoms with Gasteiger partial charge in [0.2, 0.25) is 0 Å². The van der Waals surface area contributed by atoms with Crippen LogP contribution in [0.2, 0.25) is 0 Å². The number of nitrogens with zero attached hydrogens (tertiary/aromatic N) is 1. The number of ether oxygens (including phenoxy) is 1. The minimum atomic E-state index is -0.809. The van der Waals surface area contributed by atoms with E-state index in [9.17, 15) is 9.59 Å². The number of carbonyl (C=O) groups is 2. The number of carbonyl (C=O) groups excluding carboxylic acids is 2. The molecule has 1 aromatic heterocycles. The molecule has 0 amide bonds. The van der Waals surface area contributed by atoms with Gasteiger partial charge >= 0.3 is 11.9 Å². The summed E-state index contributed by atoms with van der Waals surface area (Å²) in [4.78, 5) is 22.0. The monoisotopic (exact) mass is 330 g/mol. The maximum absolute atomic E-state index is 11.4. The average Bonchev–Trinajstić information content (AvgIpc) is 2.31. The molecule has 6 heteroatoms. The van der Waals surface area contributed by atoms with E-state index in [0.717, 1.165) is 18.5 Å². The molecule has 0 saturated carbocycles. The Morgan fingerprint density at radius 2 is 1.95 bits per heavy atom. The van der Waals surface area contributed by atoms with E-state index in [2.05, 4.69) is 16.2 Å². The fourth-order valence-corrected chi connectivity index (χ4v) is 1.59. The third kappa shape index (κ3) is 6.45. The molecule has 1 aromatic rings. The Bertz CT molecular complexity index is 420. The van der Waals surface area contributed by atoms with Gasteiger partial charge in [-0.25, -0.2) is 9.36 Å². The number of aryl methyl sites for hydroxylation is 1. The fourth-order valence-electron chi connectivity index (χ4n) is 1.59. The highest BCUT2D eigenvalue weighted by atomic mass is 79.9. The topological polar surface area (TPSA) is 73.3 Å². The van der Waals surface area contributed by atoms with Crippen LogP contribution >= 0.6 is 0 Å². The molecular formula is C13H19BrN2O3. The summed E-state index contributed by atoms with van der Waals surface area (Å²) in [6.07, 6.45) is 5.32. The normalized spacial score (nSPS) is 11.3. The Morgan fingerprint density at radius 1 is 1.37 bits per heavy atom. The fraction of sp³-hybridized carbons (Fsp3) is 0.462. The van der Waals surface area contributed by atoms with E-state index in [0.29, 0.717) is 6.42 Å². The number of esters is 2. The van der Waals surface area contributed by atoms with Crippen molar-refractivity contribution in [3.63, 3.8) is 0 Å². The highest BCUT2D eigenvalue weighted by molar-refractivity contribution is 5.87. The van der Waals surface area contributed by atoms with Crippen molar-refractivity contribution in [2.24, 2.45) is 5.73 Å². The third-order valence-corrected chi connectivity index (χ3v) is 2.44. The first kappa shape index (κ1) is 17.7. The summed E-state index contributed by atoms with van der Waals surface area (Å²) in [7, 11) is 0. The molecule has 0 bridgehead atoms. The summed E-state index contributed by atoms with van der Waals surface area (Å²) in [5, 5.41) is 0. The molecule has 0 aliphatic heterocycles. The summed E-state index contributed by atoms with van der Waals surface area (Å²) in [6.45, 7) is 4.24. The molecule has 0 fully saturated rings. The average molecular weight is 331 g/mol. The molecule has 0 aromatic carbocycles. The molecule has 1 atom stereocenters. The van der Waals surface area contributed by atoms with Crippen molar-refractivity contribution in [2.45, 2.75) is 39.3 Å². The second-order valence-electron chi connectivity index (χ2n) is 4.17. The molecule has 0 radical (unpaired) electrons. The van der Waals surface area contributed by atoms with Crippen molar-refractivity contribution < 1.29 is 35.9 Å². The summed E-state index contributed by atoms with van der Waals surface area (Å²) < 4.78 is 6.50. The van der Waals surface area contributed by atoms with Crippen LogP contribution in [-0.4, -0.2) is 18.0 Å². The number of rotatable bonds is 5. The lowest BCUT2D eigenvalue weighted by molar-refractivity contribution is -0.697. The first-order valence-corrected chi connectivity index (χ1v) is 5.98. The van der Waals surface area contributed by atoms with E-state index < -0.39 is 18.0 Å². The SMILES string of the molecule is CCC[n+]1ccc(C[C@@H](N)C(=O)OC(C)=O)cc1.[Br-].